The number of nitrogens with zero attached hydrogens (tertiary/aromatic N) is 1. The summed E-state index contributed by atoms with van der Waals surface area (Å²) < 4.78 is 13.1. The summed E-state index contributed by atoms with van der Waals surface area (Å²) in [6.45, 7) is 0. The molecule has 6 heteroatoms. The molecule has 56 valence electrons. The molecule has 4 N–H and O–H groups in total. The molecule has 0 amide bonds. The van der Waals surface area contributed by atoms with E-state index in [0.29, 0.717) is 11.5 Å². The summed E-state index contributed by atoms with van der Waals surface area (Å²) in [5, 5.41) is 6.19. The van der Waals surface area contributed by atoms with Crippen molar-refractivity contribution in [2.45, 2.75) is 0 Å². The van der Waals surface area contributed by atoms with Gasteiger partial charge in [0, 0.05) is 6.26 Å². The maximum Gasteiger partial charge on any atom is 0.156 e. The fourth-order valence-electron chi connectivity index (χ4n) is 0.521. The van der Waals surface area contributed by atoms with E-state index in [4.69, 9.17) is 5.73 Å². The van der Waals surface area contributed by atoms with Crippen LogP contribution in [0.3, 0.4) is 0 Å². The van der Waals surface area contributed by atoms with Gasteiger partial charge in [0.05, 0.1) is 11.9 Å². The van der Waals surface area contributed by atoms with Gasteiger partial charge in [0.1, 0.15) is 11.0 Å². The number of nitrogens with two attached hydrogens (primary N) is 1. The van der Waals surface area contributed by atoms with Crippen LogP contribution in [0.1, 0.15) is 0 Å². The third-order valence-corrected chi connectivity index (χ3v) is 1.41. The summed E-state index contributed by atoms with van der Waals surface area (Å²) in [6, 6.07) is 0. The predicted octanol–water partition coefficient (Wildman–Crippen LogP) is -0.303. The third-order valence-electron chi connectivity index (χ3n) is 0.914. The van der Waals surface area contributed by atoms with Gasteiger partial charge in [-0.1, -0.05) is 0 Å². The van der Waals surface area contributed by atoms with Gasteiger partial charge in [0.2, 0.25) is 0 Å². The van der Waals surface area contributed by atoms with Gasteiger partial charge in [0.25, 0.3) is 0 Å². The van der Waals surface area contributed by atoms with Gasteiger partial charge in [0.15, 0.2) is 5.82 Å². The van der Waals surface area contributed by atoms with Crippen LogP contribution < -0.4 is 10.5 Å². The lowest BCUT2D eigenvalue weighted by Crippen LogP contribution is -2.03. The number of H-pyrrole nitrogens is 1. The average Bonchev–Trinajstić information content (AvgIpc) is 2.15. The van der Waals surface area contributed by atoms with Gasteiger partial charge in [-0.15, -0.1) is 0 Å². The smallest absolute Gasteiger partial charge is 0.156 e. The highest BCUT2D eigenvalue weighted by Gasteiger charge is 1.99. The number of anilines is 2. The SMILES string of the molecule is CS(=O)Nc1[nH]ncc1N. The summed E-state index contributed by atoms with van der Waals surface area (Å²) >= 11 is 0. The Morgan fingerprint density at radius 3 is 3.00 bits per heavy atom. The molecule has 1 rings (SSSR count). The predicted molar refractivity (Wildman–Crippen MR) is 40.7 cm³/mol. The fraction of sp³-hybridized carbons (Fsp3) is 0.250. The van der Waals surface area contributed by atoms with Gasteiger partial charge in [-0.25, -0.2) is 4.21 Å². The summed E-state index contributed by atoms with van der Waals surface area (Å²) in [5.74, 6) is 0.501. The first-order valence-corrected chi connectivity index (χ1v) is 4.15. The molecule has 5 nitrogen and oxygen atoms in total. The molecule has 0 radical (unpaired) electrons. The molecular formula is C4H8N4OS. The Labute approximate surface area is 60.6 Å². The summed E-state index contributed by atoms with van der Waals surface area (Å²) in [5.41, 5.74) is 5.87. The maximum absolute atomic E-state index is 10.6. The minimum atomic E-state index is -1.11. The number of hydrogen-bond donors (Lipinski definition) is 3. The zero-order chi connectivity index (χ0) is 7.56. The molecule has 1 heterocycles. The lowest BCUT2D eigenvalue weighted by atomic mass is 10.6. The van der Waals surface area contributed by atoms with E-state index < -0.39 is 11.0 Å². The van der Waals surface area contributed by atoms with E-state index in [9.17, 15) is 4.21 Å². The molecule has 0 aromatic carbocycles. The fourth-order valence-corrected chi connectivity index (χ4v) is 0.972. The first-order chi connectivity index (χ1) is 4.70. The van der Waals surface area contributed by atoms with Crippen molar-refractivity contribution >= 4 is 22.5 Å². The number of aromatic amines is 1. The molecule has 0 fully saturated rings. The van der Waals surface area contributed by atoms with E-state index in [-0.39, 0.29) is 0 Å². The van der Waals surface area contributed by atoms with E-state index in [2.05, 4.69) is 14.9 Å². The third kappa shape index (κ3) is 1.47. The Morgan fingerprint density at radius 2 is 2.60 bits per heavy atom. The number of aromatic nitrogens is 2. The van der Waals surface area contributed by atoms with Crippen molar-refractivity contribution in [2.75, 3.05) is 16.7 Å². The van der Waals surface area contributed by atoms with Crippen molar-refractivity contribution in [1.82, 2.24) is 10.2 Å². The highest BCUT2D eigenvalue weighted by molar-refractivity contribution is 7.85. The second-order valence-electron chi connectivity index (χ2n) is 1.76. The van der Waals surface area contributed by atoms with Crippen molar-refractivity contribution < 1.29 is 4.21 Å². The second-order valence-corrected chi connectivity index (χ2v) is 2.87. The quantitative estimate of drug-likeness (QED) is 0.555. The van der Waals surface area contributed by atoms with Gasteiger partial charge in [-0.2, -0.15) is 5.10 Å². The van der Waals surface area contributed by atoms with E-state index in [1.807, 2.05) is 0 Å². The number of hydrogen-bond acceptors (Lipinski definition) is 3. The molecule has 0 saturated carbocycles. The van der Waals surface area contributed by atoms with Crippen molar-refractivity contribution in [3.05, 3.63) is 6.20 Å². The minimum absolute atomic E-state index is 0.468. The lowest BCUT2D eigenvalue weighted by molar-refractivity contribution is 0.689. The molecule has 0 saturated heterocycles. The van der Waals surface area contributed by atoms with Crippen molar-refractivity contribution in [2.24, 2.45) is 0 Å². The Balaban J connectivity index is 2.74. The Kier molecular flexibility index (Phi) is 1.91. The molecule has 0 spiro atoms. The molecule has 1 atom stereocenters. The van der Waals surface area contributed by atoms with Crippen LogP contribution in [0.15, 0.2) is 6.20 Å². The standard InChI is InChI=1S/C4H8N4OS/c1-10(9)8-4-3(5)2-6-7-4/h2H,5H2,1H3,(H2,6,7,8). The van der Waals surface area contributed by atoms with Crippen LogP contribution in [-0.4, -0.2) is 20.7 Å². The van der Waals surface area contributed by atoms with Crippen molar-refractivity contribution in [3.63, 3.8) is 0 Å². The van der Waals surface area contributed by atoms with Crippen LogP contribution in [0, 0.1) is 0 Å². The molecule has 0 aliphatic carbocycles. The average molecular weight is 160 g/mol. The van der Waals surface area contributed by atoms with E-state index in [0.717, 1.165) is 0 Å². The van der Waals surface area contributed by atoms with Crippen LogP contribution in [0.2, 0.25) is 0 Å². The first-order valence-electron chi connectivity index (χ1n) is 2.59. The molecular weight excluding hydrogens is 152 g/mol. The monoisotopic (exact) mass is 160 g/mol. The van der Waals surface area contributed by atoms with E-state index >= 15 is 0 Å². The highest BCUT2D eigenvalue weighted by Crippen LogP contribution is 2.11. The second kappa shape index (κ2) is 2.70. The maximum atomic E-state index is 10.6. The van der Waals surface area contributed by atoms with Crippen molar-refractivity contribution in [1.29, 1.82) is 0 Å². The zero-order valence-corrected chi connectivity index (χ0v) is 6.23. The van der Waals surface area contributed by atoms with E-state index in [1.165, 1.54) is 12.5 Å². The van der Waals surface area contributed by atoms with Crippen LogP contribution >= 0.6 is 0 Å². The molecule has 0 bridgehead atoms. The van der Waals surface area contributed by atoms with Crippen LogP contribution in [0.5, 0.6) is 0 Å². The van der Waals surface area contributed by atoms with E-state index in [1.54, 1.807) is 0 Å². The van der Waals surface area contributed by atoms with Crippen molar-refractivity contribution in [3.8, 4) is 0 Å². The molecule has 1 aromatic rings. The lowest BCUT2D eigenvalue weighted by Gasteiger charge is -1.97. The topological polar surface area (TPSA) is 83.8 Å². The summed E-state index contributed by atoms with van der Waals surface area (Å²) in [4.78, 5) is 0. The highest BCUT2D eigenvalue weighted by atomic mass is 32.2. The van der Waals surface area contributed by atoms with Gasteiger partial charge >= 0.3 is 0 Å². The number of nitrogens with one attached hydrogen (secondary N) is 2. The first kappa shape index (κ1) is 7.07. The normalized spacial score (nSPS) is 12.9. The minimum Gasteiger partial charge on any atom is -0.394 e. The molecule has 1 unspecified atom stereocenters. The summed E-state index contributed by atoms with van der Waals surface area (Å²) in [7, 11) is -1.11. The number of rotatable bonds is 2. The van der Waals surface area contributed by atoms with Crippen LogP contribution in [-0.2, 0) is 11.0 Å². The Hall–Kier alpha value is -1.04. The Bertz CT molecular complexity index is 245. The molecule has 0 aliphatic rings. The van der Waals surface area contributed by atoms with Crippen LogP contribution in [0.4, 0.5) is 11.5 Å². The van der Waals surface area contributed by atoms with Gasteiger partial charge < -0.3 is 5.73 Å². The van der Waals surface area contributed by atoms with Gasteiger partial charge in [-0.3, -0.25) is 9.82 Å². The van der Waals surface area contributed by atoms with Gasteiger partial charge in [-0.05, 0) is 0 Å². The number of nitrogen functional groups attached to an aromatic ring is 1. The zero-order valence-electron chi connectivity index (χ0n) is 5.42. The molecule has 1 aromatic heterocycles. The van der Waals surface area contributed by atoms with Crippen LogP contribution in [0.25, 0.3) is 0 Å². The molecule has 0 aliphatic heterocycles. The molecule has 10 heavy (non-hydrogen) atoms. The summed E-state index contributed by atoms with van der Waals surface area (Å²) in [6.07, 6.45) is 2.97. The largest absolute Gasteiger partial charge is 0.394 e. The Morgan fingerprint density at radius 1 is 1.90 bits per heavy atom.